The summed E-state index contributed by atoms with van der Waals surface area (Å²) in [4.78, 5) is 11.6. The molecule has 2 aromatic heterocycles. The molecule has 176 valence electrons. The van der Waals surface area contributed by atoms with Gasteiger partial charge in [0.15, 0.2) is 0 Å². The van der Waals surface area contributed by atoms with E-state index < -0.39 is 5.92 Å². The Hall–Kier alpha value is -2.33. The smallest absolute Gasteiger partial charge is 0.254 e. The highest BCUT2D eigenvalue weighted by molar-refractivity contribution is 5.52. The third-order valence-corrected chi connectivity index (χ3v) is 5.94. The SMILES string of the molecule is CCOCC1CN(c2cc(NC3CCC(F)(F)CC3)nc(-n3nc(C)cc3C)n2)CCO1. The number of nitrogens with one attached hydrogen (secondary N) is 1. The molecule has 1 saturated carbocycles. The van der Waals surface area contributed by atoms with E-state index in [4.69, 9.17) is 14.5 Å². The lowest BCUT2D eigenvalue weighted by Gasteiger charge is -2.34. The van der Waals surface area contributed by atoms with Gasteiger partial charge in [0.2, 0.25) is 5.92 Å². The predicted octanol–water partition coefficient (Wildman–Crippen LogP) is 3.51. The van der Waals surface area contributed by atoms with Crippen molar-refractivity contribution >= 4 is 11.6 Å². The molecule has 0 bridgehead atoms. The minimum absolute atomic E-state index is 0.0345. The second kappa shape index (κ2) is 9.66. The van der Waals surface area contributed by atoms with E-state index in [1.54, 1.807) is 4.68 Å². The van der Waals surface area contributed by atoms with Gasteiger partial charge in [-0.05, 0) is 39.7 Å². The summed E-state index contributed by atoms with van der Waals surface area (Å²) in [5.74, 6) is -0.714. The van der Waals surface area contributed by atoms with Gasteiger partial charge < -0.3 is 19.7 Å². The number of alkyl halides is 2. The molecule has 0 radical (unpaired) electrons. The fraction of sp³-hybridized carbons (Fsp3) is 0.682. The number of aryl methyl sites for hydroxylation is 2. The Labute approximate surface area is 187 Å². The normalized spacial score (nSPS) is 21.7. The molecular formula is C22H32F2N6O2. The first-order valence-electron chi connectivity index (χ1n) is 11.3. The predicted molar refractivity (Wildman–Crippen MR) is 118 cm³/mol. The van der Waals surface area contributed by atoms with Gasteiger partial charge in [-0.3, -0.25) is 0 Å². The van der Waals surface area contributed by atoms with Crippen LogP contribution < -0.4 is 10.2 Å². The molecular weight excluding hydrogens is 418 g/mol. The van der Waals surface area contributed by atoms with Crippen LogP contribution in [-0.2, 0) is 9.47 Å². The van der Waals surface area contributed by atoms with E-state index in [9.17, 15) is 8.78 Å². The average Bonchev–Trinajstić information content (AvgIpc) is 3.12. The molecule has 2 aliphatic rings. The maximum absolute atomic E-state index is 13.6. The van der Waals surface area contributed by atoms with Gasteiger partial charge in [0.05, 0.1) is 25.0 Å². The number of anilines is 2. The Balaban J connectivity index is 1.60. The number of rotatable bonds is 7. The molecule has 4 rings (SSSR count). The van der Waals surface area contributed by atoms with Crippen LogP contribution in [0.15, 0.2) is 12.1 Å². The Morgan fingerprint density at radius 1 is 1.22 bits per heavy atom. The molecule has 1 N–H and O–H groups in total. The Bertz CT molecular complexity index is 912. The van der Waals surface area contributed by atoms with Gasteiger partial charge >= 0.3 is 0 Å². The molecule has 2 fully saturated rings. The summed E-state index contributed by atoms with van der Waals surface area (Å²) in [6, 6.07) is 3.82. The van der Waals surface area contributed by atoms with E-state index in [0.717, 1.165) is 17.2 Å². The van der Waals surface area contributed by atoms with Crippen LogP contribution >= 0.6 is 0 Å². The first kappa shape index (κ1) is 22.8. The van der Waals surface area contributed by atoms with Crippen LogP contribution in [0.5, 0.6) is 0 Å². The Kier molecular flexibility index (Phi) is 6.90. The van der Waals surface area contributed by atoms with Crippen LogP contribution in [0.2, 0.25) is 0 Å². The first-order valence-corrected chi connectivity index (χ1v) is 11.3. The van der Waals surface area contributed by atoms with Crippen LogP contribution in [-0.4, -0.2) is 70.7 Å². The molecule has 0 aromatic carbocycles. The van der Waals surface area contributed by atoms with Crippen LogP contribution in [0, 0.1) is 13.8 Å². The minimum Gasteiger partial charge on any atom is -0.379 e. The van der Waals surface area contributed by atoms with Crippen molar-refractivity contribution in [1.29, 1.82) is 0 Å². The summed E-state index contributed by atoms with van der Waals surface area (Å²) in [6.45, 7) is 8.96. The van der Waals surface area contributed by atoms with E-state index in [-0.39, 0.29) is 25.0 Å². The number of nitrogens with zero attached hydrogens (tertiary/aromatic N) is 5. The van der Waals surface area contributed by atoms with Gasteiger partial charge in [0, 0.05) is 50.3 Å². The lowest BCUT2D eigenvalue weighted by atomic mass is 9.92. The lowest BCUT2D eigenvalue weighted by molar-refractivity contribution is -0.0361. The van der Waals surface area contributed by atoms with Crippen molar-refractivity contribution < 1.29 is 18.3 Å². The summed E-state index contributed by atoms with van der Waals surface area (Å²) >= 11 is 0. The van der Waals surface area contributed by atoms with Crippen molar-refractivity contribution in [2.45, 2.75) is 64.5 Å². The van der Waals surface area contributed by atoms with Crippen molar-refractivity contribution in [3.8, 4) is 5.95 Å². The van der Waals surface area contributed by atoms with Crippen molar-refractivity contribution in [2.24, 2.45) is 0 Å². The third-order valence-electron chi connectivity index (χ3n) is 5.94. The lowest BCUT2D eigenvalue weighted by Crippen LogP contribution is -2.45. The van der Waals surface area contributed by atoms with Gasteiger partial charge in [-0.25, -0.2) is 13.5 Å². The third kappa shape index (κ3) is 5.53. The zero-order valence-electron chi connectivity index (χ0n) is 19.0. The zero-order chi connectivity index (χ0) is 22.7. The van der Waals surface area contributed by atoms with E-state index >= 15 is 0 Å². The highest BCUT2D eigenvalue weighted by Gasteiger charge is 2.35. The fourth-order valence-electron chi connectivity index (χ4n) is 4.26. The second-order valence-electron chi connectivity index (χ2n) is 8.62. The van der Waals surface area contributed by atoms with Crippen molar-refractivity contribution in [1.82, 2.24) is 19.7 Å². The zero-order valence-corrected chi connectivity index (χ0v) is 19.0. The van der Waals surface area contributed by atoms with E-state index in [0.29, 0.717) is 57.5 Å². The molecule has 1 aliphatic heterocycles. The number of aromatic nitrogens is 4. The summed E-state index contributed by atoms with van der Waals surface area (Å²) in [7, 11) is 0. The Morgan fingerprint density at radius 2 is 2.00 bits per heavy atom. The summed E-state index contributed by atoms with van der Waals surface area (Å²) < 4.78 is 40.3. The monoisotopic (exact) mass is 450 g/mol. The minimum atomic E-state index is -2.56. The average molecular weight is 451 g/mol. The van der Waals surface area contributed by atoms with Crippen LogP contribution in [0.25, 0.3) is 5.95 Å². The highest BCUT2D eigenvalue weighted by atomic mass is 19.3. The van der Waals surface area contributed by atoms with Crippen LogP contribution in [0.4, 0.5) is 20.4 Å². The van der Waals surface area contributed by atoms with Crippen molar-refractivity contribution in [2.75, 3.05) is 43.1 Å². The van der Waals surface area contributed by atoms with Gasteiger partial charge in [-0.1, -0.05) is 0 Å². The van der Waals surface area contributed by atoms with E-state index in [1.807, 2.05) is 32.9 Å². The maximum atomic E-state index is 13.6. The van der Waals surface area contributed by atoms with Gasteiger partial charge in [0.1, 0.15) is 11.6 Å². The molecule has 0 spiro atoms. The van der Waals surface area contributed by atoms with E-state index in [1.165, 1.54) is 0 Å². The molecule has 1 saturated heterocycles. The molecule has 10 heteroatoms. The number of halogens is 2. The largest absolute Gasteiger partial charge is 0.379 e. The molecule has 2 aromatic rings. The number of ether oxygens (including phenoxy) is 2. The highest BCUT2D eigenvalue weighted by Crippen LogP contribution is 2.34. The van der Waals surface area contributed by atoms with Crippen molar-refractivity contribution in [3.05, 3.63) is 23.5 Å². The van der Waals surface area contributed by atoms with E-state index in [2.05, 4.69) is 20.3 Å². The molecule has 3 heterocycles. The van der Waals surface area contributed by atoms with Crippen LogP contribution in [0.3, 0.4) is 0 Å². The molecule has 1 atom stereocenters. The number of hydrogen-bond acceptors (Lipinski definition) is 7. The second-order valence-corrected chi connectivity index (χ2v) is 8.62. The maximum Gasteiger partial charge on any atom is 0.254 e. The topological polar surface area (TPSA) is 77.3 Å². The van der Waals surface area contributed by atoms with Gasteiger partial charge in [-0.15, -0.1) is 0 Å². The standard InChI is InChI=1S/C22H32F2N6O2/c1-4-31-14-18-13-29(9-10-32-18)20-12-19(25-17-5-7-22(23,24)8-6-17)26-21(27-20)30-16(3)11-15(2)28-30/h11-12,17-18H,4-10,13-14H2,1-3H3,(H,25,26,27). The molecule has 1 unspecified atom stereocenters. The van der Waals surface area contributed by atoms with Gasteiger partial charge in [-0.2, -0.15) is 15.1 Å². The molecule has 8 nitrogen and oxygen atoms in total. The summed E-state index contributed by atoms with van der Waals surface area (Å²) in [6.07, 6.45) is 0.587. The molecule has 0 amide bonds. The quantitative estimate of drug-likeness (QED) is 0.692. The van der Waals surface area contributed by atoms with Crippen LogP contribution in [0.1, 0.15) is 44.0 Å². The van der Waals surface area contributed by atoms with Crippen molar-refractivity contribution in [3.63, 3.8) is 0 Å². The summed E-state index contributed by atoms with van der Waals surface area (Å²) in [5, 5.41) is 7.90. The molecule has 32 heavy (non-hydrogen) atoms. The number of hydrogen-bond donors (Lipinski definition) is 1. The van der Waals surface area contributed by atoms with Gasteiger partial charge in [0.25, 0.3) is 5.95 Å². The molecule has 1 aliphatic carbocycles. The first-order chi connectivity index (χ1) is 15.3. The Morgan fingerprint density at radius 3 is 2.69 bits per heavy atom. The number of morpholine rings is 1. The summed E-state index contributed by atoms with van der Waals surface area (Å²) in [5.41, 5.74) is 1.81. The fourth-order valence-corrected chi connectivity index (χ4v) is 4.26.